The summed E-state index contributed by atoms with van der Waals surface area (Å²) in [6, 6.07) is 8.53. The zero-order valence-corrected chi connectivity index (χ0v) is 16.9. The molecule has 1 N–H and O–H groups in total. The van der Waals surface area contributed by atoms with Gasteiger partial charge in [0, 0.05) is 24.2 Å². The molecule has 144 valence electrons. The van der Waals surface area contributed by atoms with Crippen LogP contribution >= 0.6 is 23.1 Å². The lowest BCUT2D eigenvalue weighted by molar-refractivity contribution is -0.115. The second-order valence-electron chi connectivity index (χ2n) is 5.93. The fourth-order valence-electron chi connectivity index (χ4n) is 2.53. The standard InChI is InChI=1S/C20H19N3O3S2/c1-3-10-23-19(26)15-9-11-27-18(15)22-20(23)28-12-16(24)13-5-7-14(8-6-13)21-17(25)4-2/h3,5-9,11H,1,4,10,12H2,2H3,(H,21,25). The number of carbonyl (C=O) groups excluding carboxylic acids is 2. The van der Waals surface area contributed by atoms with Gasteiger partial charge in [0.15, 0.2) is 10.9 Å². The molecule has 8 heteroatoms. The van der Waals surface area contributed by atoms with Gasteiger partial charge in [-0.1, -0.05) is 24.8 Å². The molecule has 1 amide bonds. The second-order valence-corrected chi connectivity index (χ2v) is 7.77. The van der Waals surface area contributed by atoms with Crippen LogP contribution < -0.4 is 10.9 Å². The Morgan fingerprint density at radius 1 is 1.29 bits per heavy atom. The maximum atomic E-state index is 12.6. The van der Waals surface area contributed by atoms with Crippen molar-refractivity contribution in [2.45, 2.75) is 25.0 Å². The summed E-state index contributed by atoms with van der Waals surface area (Å²) in [4.78, 5) is 41.8. The number of anilines is 1. The van der Waals surface area contributed by atoms with Crippen LogP contribution in [0.2, 0.25) is 0 Å². The zero-order valence-electron chi connectivity index (χ0n) is 15.3. The van der Waals surface area contributed by atoms with Gasteiger partial charge in [-0.05, 0) is 35.7 Å². The van der Waals surface area contributed by atoms with E-state index in [1.807, 2.05) is 5.38 Å². The lowest BCUT2D eigenvalue weighted by Gasteiger charge is -2.10. The third-order valence-corrected chi connectivity index (χ3v) is 5.79. The Morgan fingerprint density at radius 3 is 2.71 bits per heavy atom. The van der Waals surface area contributed by atoms with Gasteiger partial charge in [-0.15, -0.1) is 17.9 Å². The summed E-state index contributed by atoms with van der Waals surface area (Å²) in [5.74, 6) is -0.00452. The molecule has 0 bridgehead atoms. The Morgan fingerprint density at radius 2 is 2.04 bits per heavy atom. The van der Waals surface area contributed by atoms with Crippen molar-refractivity contribution in [1.29, 1.82) is 0 Å². The van der Waals surface area contributed by atoms with E-state index in [0.29, 0.717) is 39.6 Å². The first kappa shape index (κ1) is 20.0. The third kappa shape index (κ3) is 4.40. The predicted octanol–water partition coefficient (Wildman–Crippen LogP) is 3.97. The lowest BCUT2D eigenvalue weighted by atomic mass is 10.1. The molecule has 2 aromatic heterocycles. The summed E-state index contributed by atoms with van der Waals surface area (Å²) in [7, 11) is 0. The maximum Gasteiger partial charge on any atom is 0.263 e. The van der Waals surface area contributed by atoms with E-state index in [1.54, 1.807) is 43.3 Å². The van der Waals surface area contributed by atoms with Crippen LogP contribution in [0, 0.1) is 0 Å². The number of fused-ring (bicyclic) bond motifs is 1. The van der Waals surface area contributed by atoms with E-state index in [1.165, 1.54) is 27.7 Å². The third-order valence-electron chi connectivity index (χ3n) is 4.00. The molecule has 0 saturated carbocycles. The van der Waals surface area contributed by atoms with Gasteiger partial charge >= 0.3 is 0 Å². The van der Waals surface area contributed by atoms with Crippen LogP contribution in [-0.4, -0.2) is 27.0 Å². The average Bonchev–Trinajstić information content (AvgIpc) is 3.18. The minimum absolute atomic E-state index is 0.0788. The van der Waals surface area contributed by atoms with Gasteiger partial charge in [-0.25, -0.2) is 4.98 Å². The Labute approximate surface area is 170 Å². The molecule has 0 radical (unpaired) electrons. The molecule has 6 nitrogen and oxygen atoms in total. The smallest absolute Gasteiger partial charge is 0.263 e. The van der Waals surface area contributed by atoms with Crippen LogP contribution in [-0.2, 0) is 11.3 Å². The highest BCUT2D eigenvalue weighted by atomic mass is 32.2. The van der Waals surface area contributed by atoms with Crippen molar-refractivity contribution < 1.29 is 9.59 Å². The van der Waals surface area contributed by atoms with Gasteiger partial charge in [0.2, 0.25) is 5.91 Å². The van der Waals surface area contributed by atoms with E-state index >= 15 is 0 Å². The fraction of sp³-hybridized carbons (Fsp3) is 0.200. The minimum atomic E-state index is -0.128. The van der Waals surface area contributed by atoms with E-state index in [2.05, 4.69) is 16.9 Å². The topological polar surface area (TPSA) is 81.1 Å². The number of hydrogen-bond donors (Lipinski definition) is 1. The Bertz CT molecular complexity index is 1080. The summed E-state index contributed by atoms with van der Waals surface area (Å²) in [5, 5.41) is 5.65. The van der Waals surface area contributed by atoms with Crippen molar-refractivity contribution in [2.75, 3.05) is 11.1 Å². The molecule has 3 rings (SSSR count). The van der Waals surface area contributed by atoms with Gasteiger partial charge in [-0.3, -0.25) is 19.0 Å². The van der Waals surface area contributed by atoms with Gasteiger partial charge in [-0.2, -0.15) is 0 Å². The number of hydrogen-bond acceptors (Lipinski definition) is 6. The van der Waals surface area contributed by atoms with Gasteiger partial charge in [0.05, 0.1) is 11.1 Å². The summed E-state index contributed by atoms with van der Waals surface area (Å²) in [6.07, 6.45) is 2.03. The highest BCUT2D eigenvalue weighted by Crippen LogP contribution is 2.22. The largest absolute Gasteiger partial charge is 0.326 e. The number of carbonyl (C=O) groups is 2. The number of thioether (sulfide) groups is 1. The van der Waals surface area contributed by atoms with Crippen LogP contribution in [0.5, 0.6) is 0 Å². The van der Waals surface area contributed by atoms with E-state index in [4.69, 9.17) is 0 Å². The quantitative estimate of drug-likeness (QED) is 0.262. The van der Waals surface area contributed by atoms with Crippen LogP contribution in [0.15, 0.2) is 58.3 Å². The number of nitrogens with one attached hydrogen (secondary N) is 1. The molecule has 1 aromatic carbocycles. The monoisotopic (exact) mass is 413 g/mol. The molecule has 0 aliphatic heterocycles. The second kappa shape index (κ2) is 8.99. The summed E-state index contributed by atoms with van der Waals surface area (Å²) in [5.41, 5.74) is 1.06. The highest BCUT2D eigenvalue weighted by molar-refractivity contribution is 7.99. The molecule has 0 aliphatic rings. The number of amides is 1. The van der Waals surface area contributed by atoms with Crippen molar-refractivity contribution in [2.24, 2.45) is 0 Å². The summed E-state index contributed by atoms with van der Waals surface area (Å²) < 4.78 is 1.53. The van der Waals surface area contributed by atoms with Crippen molar-refractivity contribution in [1.82, 2.24) is 9.55 Å². The van der Waals surface area contributed by atoms with E-state index < -0.39 is 0 Å². The molecule has 28 heavy (non-hydrogen) atoms. The number of rotatable bonds is 8. The van der Waals surface area contributed by atoms with Gasteiger partial charge in [0.1, 0.15) is 4.83 Å². The number of allylic oxidation sites excluding steroid dienone is 1. The molecular formula is C20H19N3O3S2. The summed E-state index contributed by atoms with van der Waals surface area (Å²) >= 11 is 2.63. The zero-order chi connectivity index (χ0) is 20.1. The minimum Gasteiger partial charge on any atom is -0.326 e. The molecule has 0 atom stereocenters. The number of Topliss-reactive ketones (excluding diaryl/α,β-unsaturated/α-hetero) is 1. The molecular weight excluding hydrogens is 394 g/mol. The molecule has 0 spiro atoms. The van der Waals surface area contributed by atoms with Crippen LogP contribution in [0.4, 0.5) is 5.69 Å². The molecule has 2 heterocycles. The van der Waals surface area contributed by atoms with Crippen LogP contribution in [0.1, 0.15) is 23.7 Å². The van der Waals surface area contributed by atoms with Crippen molar-refractivity contribution in [3.63, 3.8) is 0 Å². The molecule has 0 aliphatic carbocycles. The lowest BCUT2D eigenvalue weighted by Crippen LogP contribution is -2.22. The van der Waals surface area contributed by atoms with E-state index in [9.17, 15) is 14.4 Å². The number of nitrogens with zero attached hydrogens (tertiary/aromatic N) is 2. The number of ketones is 1. The molecule has 3 aromatic rings. The van der Waals surface area contributed by atoms with Crippen LogP contribution in [0.3, 0.4) is 0 Å². The normalized spacial score (nSPS) is 10.8. The Kier molecular flexibility index (Phi) is 6.43. The predicted molar refractivity (Wildman–Crippen MR) is 114 cm³/mol. The van der Waals surface area contributed by atoms with Gasteiger partial charge in [0.25, 0.3) is 5.56 Å². The number of thiophene rings is 1. The van der Waals surface area contributed by atoms with Crippen LogP contribution in [0.25, 0.3) is 10.2 Å². The molecule has 0 fully saturated rings. The molecule has 0 saturated heterocycles. The Hall–Kier alpha value is -2.71. The summed E-state index contributed by atoms with van der Waals surface area (Å²) in [6.45, 7) is 5.80. The maximum absolute atomic E-state index is 12.6. The van der Waals surface area contributed by atoms with Crippen molar-refractivity contribution in [3.8, 4) is 0 Å². The fourth-order valence-corrected chi connectivity index (χ4v) is 4.24. The number of benzene rings is 1. The number of aromatic nitrogens is 2. The van der Waals surface area contributed by atoms with Crippen molar-refractivity contribution in [3.05, 3.63) is 64.3 Å². The average molecular weight is 414 g/mol. The van der Waals surface area contributed by atoms with E-state index in [-0.39, 0.29) is 23.0 Å². The first-order valence-electron chi connectivity index (χ1n) is 8.68. The van der Waals surface area contributed by atoms with E-state index in [0.717, 1.165) is 0 Å². The molecule has 0 unspecified atom stereocenters. The van der Waals surface area contributed by atoms with Gasteiger partial charge < -0.3 is 5.32 Å². The highest BCUT2D eigenvalue weighted by Gasteiger charge is 2.14. The Balaban J connectivity index is 1.75. The first-order valence-corrected chi connectivity index (χ1v) is 10.5. The first-order chi connectivity index (χ1) is 13.5. The SMILES string of the molecule is C=CCn1c(SCC(=O)c2ccc(NC(=O)CC)cc2)nc2sccc2c1=O. The van der Waals surface area contributed by atoms with Crippen molar-refractivity contribution >= 4 is 50.7 Å².